The second kappa shape index (κ2) is 8.89. The van der Waals surface area contributed by atoms with Crippen LogP contribution < -0.4 is 0 Å². The summed E-state index contributed by atoms with van der Waals surface area (Å²) in [4.78, 5) is 25.6. The molecule has 0 aliphatic rings. The van der Waals surface area contributed by atoms with Crippen molar-refractivity contribution in [3.05, 3.63) is 65.7 Å². The van der Waals surface area contributed by atoms with Crippen molar-refractivity contribution in [2.45, 2.75) is 39.0 Å². The molecule has 138 valence electrons. The molecule has 1 amide bonds. The minimum atomic E-state index is -1.11. The number of aliphatic carboxylic acids is 1. The van der Waals surface area contributed by atoms with Crippen molar-refractivity contribution < 1.29 is 24.5 Å². The zero-order valence-corrected chi connectivity index (χ0v) is 14.8. The number of carboxylic acid groups (broad SMARTS) is 1. The normalized spacial score (nSPS) is 11.8. The fourth-order valence-electron chi connectivity index (χ4n) is 2.65. The minimum absolute atomic E-state index is 0.0778. The van der Waals surface area contributed by atoms with E-state index in [2.05, 4.69) is 0 Å². The van der Waals surface area contributed by atoms with Crippen molar-refractivity contribution in [1.29, 1.82) is 0 Å². The van der Waals surface area contributed by atoms with E-state index in [-0.39, 0.29) is 24.8 Å². The van der Waals surface area contributed by atoms with E-state index < -0.39 is 18.1 Å². The van der Waals surface area contributed by atoms with Crippen LogP contribution in [0.3, 0.4) is 0 Å². The topological polar surface area (TPSA) is 87.1 Å². The third kappa shape index (κ3) is 5.24. The lowest BCUT2D eigenvalue weighted by Crippen LogP contribution is -2.50. The molecular formula is C20H23NO5. The first-order chi connectivity index (χ1) is 12.4. The lowest BCUT2D eigenvalue weighted by Gasteiger charge is -2.31. The zero-order valence-electron chi connectivity index (χ0n) is 14.8. The number of amides is 1. The largest absolute Gasteiger partial charge is 0.508 e. The molecule has 0 saturated heterocycles. The van der Waals surface area contributed by atoms with E-state index in [9.17, 15) is 19.8 Å². The van der Waals surface area contributed by atoms with Gasteiger partial charge in [0.1, 0.15) is 18.4 Å². The third-order valence-corrected chi connectivity index (χ3v) is 3.96. The Morgan fingerprint density at radius 3 is 2.15 bits per heavy atom. The van der Waals surface area contributed by atoms with Gasteiger partial charge >= 0.3 is 12.1 Å². The van der Waals surface area contributed by atoms with E-state index in [1.165, 1.54) is 17.0 Å². The van der Waals surface area contributed by atoms with Crippen LogP contribution in [0.4, 0.5) is 4.79 Å². The minimum Gasteiger partial charge on any atom is -0.508 e. The van der Waals surface area contributed by atoms with Crippen LogP contribution in [0.2, 0.25) is 0 Å². The Hall–Kier alpha value is -3.02. The smallest absolute Gasteiger partial charge is 0.411 e. The van der Waals surface area contributed by atoms with Gasteiger partial charge in [-0.15, -0.1) is 0 Å². The summed E-state index contributed by atoms with van der Waals surface area (Å²) in [5.41, 5.74) is 1.53. The Bertz CT molecular complexity index is 728. The van der Waals surface area contributed by atoms with Gasteiger partial charge in [-0.25, -0.2) is 9.59 Å². The van der Waals surface area contributed by atoms with Gasteiger partial charge < -0.3 is 14.9 Å². The summed E-state index contributed by atoms with van der Waals surface area (Å²) in [6.45, 7) is 3.57. The van der Waals surface area contributed by atoms with Crippen molar-refractivity contribution in [1.82, 2.24) is 4.90 Å². The monoisotopic (exact) mass is 357 g/mol. The maximum absolute atomic E-state index is 12.5. The Labute approximate surface area is 152 Å². The molecule has 6 heteroatoms. The summed E-state index contributed by atoms with van der Waals surface area (Å²) in [6.07, 6.45) is -0.552. The second-order valence-corrected chi connectivity index (χ2v) is 6.27. The average Bonchev–Trinajstić information content (AvgIpc) is 2.61. The number of phenolic OH excluding ortho intramolecular Hbond substituents is 1. The lowest BCUT2D eigenvalue weighted by molar-refractivity contribution is -0.143. The first-order valence-corrected chi connectivity index (χ1v) is 8.38. The maximum atomic E-state index is 12.5. The summed E-state index contributed by atoms with van der Waals surface area (Å²) in [6, 6.07) is 14.0. The molecule has 0 aliphatic carbocycles. The highest BCUT2D eigenvalue weighted by atomic mass is 16.6. The molecule has 2 rings (SSSR count). The predicted octanol–water partition coefficient (Wildman–Crippen LogP) is 3.44. The van der Waals surface area contributed by atoms with Crippen LogP contribution in [0.25, 0.3) is 0 Å². The van der Waals surface area contributed by atoms with Gasteiger partial charge in [0, 0.05) is 12.5 Å². The molecule has 0 spiro atoms. The van der Waals surface area contributed by atoms with Crippen LogP contribution >= 0.6 is 0 Å². The van der Waals surface area contributed by atoms with Gasteiger partial charge in [-0.2, -0.15) is 0 Å². The Morgan fingerprint density at radius 2 is 1.62 bits per heavy atom. The Kier molecular flexibility index (Phi) is 6.60. The highest BCUT2D eigenvalue weighted by Crippen LogP contribution is 2.17. The molecule has 1 unspecified atom stereocenters. The summed E-state index contributed by atoms with van der Waals surface area (Å²) in [5, 5.41) is 19.0. The molecule has 0 aliphatic heterocycles. The standard InChI is InChI=1S/C20H23NO5/c1-14(2)21(20(25)26-13-16-6-4-3-5-7-16)18(19(23)24)12-15-8-10-17(22)11-9-15/h3-11,14,18,22H,12-13H2,1-2H3,(H,23,24). The maximum Gasteiger partial charge on any atom is 0.411 e. The van der Waals surface area contributed by atoms with Crippen LogP contribution in [0.1, 0.15) is 25.0 Å². The van der Waals surface area contributed by atoms with Gasteiger partial charge in [0.2, 0.25) is 0 Å². The number of rotatable bonds is 7. The van der Waals surface area contributed by atoms with Gasteiger partial charge in [0.25, 0.3) is 0 Å². The molecule has 2 aromatic carbocycles. The van der Waals surface area contributed by atoms with Crippen LogP contribution in [0, 0.1) is 0 Å². The fraction of sp³-hybridized carbons (Fsp3) is 0.300. The SMILES string of the molecule is CC(C)N(C(=O)OCc1ccccc1)C(Cc1ccc(O)cc1)C(=O)O. The molecule has 0 aromatic heterocycles. The highest BCUT2D eigenvalue weighted by Gasteiger charge is 2.33. The molecule has 26 heavy (non-hydrogen) atoms. The van der Waals surface area contributed by atoms with Gasteiger partial charge in [-0.3, -0.25) is 4.90 Å². The molecular weight excluding hydrogens is 334 g/mol. The quantitative estimate of drug-likeness (QED) is 0.793. The number of carbonyl (C=O) groups is 2. The Balaban J connectivity index is 2.13. The number of carbonyl (C=O) groups excluding carboxylic acids is 1. The van der Waals surface area contributed by atoms with Crippen molar-refractivity contribution in [2.75, 3.05) is 0 Å². The summed E-state index contributed by atoms with van der Waals surface area (Å²) < 4.78 is 5.32. The number of aromatic hydroxyl groups is 1. The van der Waals surface area contributed by atoms with Gasteiger partial charge in [0.05, 0.1) is 0 Å². The second-order valence-electron chi connectivity index (χ2n) is 6.27. The van der Waals surface area contributed by atoms with Crippen molar-refractivity contribution >= 4 is 12.1 Å². The van der Waals surface area contributed by atoms with Gasteiger partial charge in [-0.1, -0.05) is 42.5 Å². The number of hydrogen-bond acceptors (Lipinski definition) is 4. The van der Waals surface area contributed by atoms with Gasteiger partial charge in [0.15, 0.2) is 0 Å². The van der Waals surface area contributed by atoms with Crippen LogP contribution in [-0.4, -0.2) is 39.3 Å². The number of phenols is 1. The molecule has 6 nitrogen and oxygen atoms in total. The van der Waals surface area contributed by atoms with E-state index in [0.717, 1.165) is 5.56 Å². The van der Waals surface area contributed by atoms with Crippen LogP contribution in [0.15, 0.2) is 54.6 Å². The third-order valence-electron chi connectivity index (χ3n) is 3.96. The Morgan fingerprint density at radius 1 is 1.00 bits per heavy atom. The van der Waals surface area contributed by atoms with E-state index in [1.807, 2.05) is 30.3 Å². The van der Waals surface area contributed by atoms with Crippen molar-refractivity contribution in [2.24, 2.45) is 0 Å². The van der Waals surface area contributed by atoms with E-state index in [0.29, 0.717) is 5.56 Å². The summed E-state index contributed by atoms with van der Waals surface area (Å²) in [7, 11) is 0. The van der Waals surface area contributed by atoms with E-state index >= 15 is 0 Å². The first-order valence-electron chi connectivity index (χ1n) is 8.38. The molecule has 0 bridgehead atoms. The molecule has 0 heterocycles. The number of ether oxygens (including phenoxy) is 1. The first kappa shape index (κ1) is 19.3. The van der Waals surface area contributed by atoms with E-state index in [1.54, 1.807) is 26.0 Å². The molecule has 0 radical (unpaired) electrons. The predicted molar refractivity (Wildman–Crippen MR) is 96.8 cm³/mol. The molecule has 2 aromatic rings. The van der Waals surface area contributed by atoms with Crippen molar-refractivity contribution in [3.8, 4) is 5.75 Å². The van der Waals surface area contributed by atoms with Crippen LogP contribution in [0.5, 0.6) is 5.75 Å². The molecule has 0 saturated carbocycles. The summed E-state index contributed by atoms with van der Waals surface area (Å²) in [5.74, 6) is -1.01. The van der Waals surface area contributed by atoms with Crippen molar-refractivity contribution in [3.63, 3.8) is 0 Å². The fourth-order valence-corrected chi connectivity index (χ4v) is 2.65. The van der Waals surface area contributed by atoms with Crippen LogP contribution in [-0.2, 0) is 22.6 Å². The number of hydrogen-bond donors (Lipinski definition) is 2. The number of nitrogens with zero attached hydrogens (tertiary/aromatic N) is 1. The molecule has 2 N–H and O–H groups in total. The van der Waals surface area contributed by atoms with Gasteiger partial charge in [-0.05, 0) is 37.1 Å². The lowest BCUT2D eigenvalue weighted by atomic mass is 10.0. The summed E-state index contributed by atoms with van der Waals surface area (Å²) >= 11 is 0. The average molecular weight is 357 g/mol. The number of carboxylic acids is 1. The number of benzene rings is 2. The van der Waals surface area contributed by atoms with E-state index in [4.69, 9.17) is 4.74 Å². The molecule has 1 atom stereocenters. The highest BCUT2D eigenvalue weighted by molar-refractivity contribution is 5.80. The zero-order chi connectivity index (χ0) is 19.1. The molecule has 0 fully saturated rings.